The van der Waals surface area contributed by atoms with Crippen LogP contribution in [-0.4, -0.2) is 199 Å². The number of halogens is 2. The number of morpholine rings is 2. The van der Waals surface area contributed by atoms with Gasteiger partial charge in [-0.15, -0.1) is 0 Å². The molecule has 0 saturated carbocycles. The highest BCUT2D eigenvalue weighted by atomic mass is 19.1. The summed E-state index contributed by atoms with van der Waals surface area (Å²) in [5.74, 6) is -0.350. The van der Waals surface area contributed by atoms with E-state index in [1.54, 1.807) is 24.3 Å². The van der Waals surface area contributed by atoms with E-state index in [2.05, 4.69) is 85.5 Å². The Morgan fingerprint density at radius 1 is 0.630 bits per heavy atom. The Hall–Kier alpha value is -5.47. The molecule has 6 aliphatic rings. The van der Waals surface area contributed by atoms with Crippen LogP contribution < -0.4 is 15.1 Å². The Labute approximate surface area is 479 Å². The maximum Gasteiger partial charge on any atom is 0.410 e. The molecule has 0 aliphatic carbocycles. The number of ether oxygens (including phenoxy) is 3. The zero-order chi connectivity index (χ0) is 58.0. The van der Waals surface area contributed by atoms with E-state index in [1.165, 1.54) is 24.3 Å². The first-order valence-corrected chi connectivity index (χ1v) is 29.3. The molecule has 3 amide bonds. The average molecular weight is 1120 g/mol. The lowest BCUT2D eigenvalue weighted by molar-refractivity contribution is -0.122. The number of pyridine rings is 2. The van der Waals surface area contributed by atoms with Crippen LogP contribution in [0.25, 0.3) is 0 Å². The molecule has 6 aliphatic heterocycles. The van der Waals surface area contributed by atoms with Crippen molar-refractivity contribution in [3.63, 3.8) is 0 Å². The molecule has 18 heteroatoms. The minimum Gasteiger partial charge on any atom is -0.444 e. The summed E-state index contributed by atoms with van der Waals surface area (Å²) in [5.41, 5.74) is 6.57. The topological polar surface area (TPSA) is 139 Å². The fourth-order valence-corrected chi connectivity index (χ4v) is 12.5. The van der Waals surface area contributed by atoms with Crippen molar-refractivity contribution >= 4 is 29.3 Å². The van der Waals surface area contributed by atoms with Gasteiger partial charge in [0.25, 0.3) is 0 Å². The minimum atomic E-state index is -0.586. The molecular weight excluding hydrogens is 1030 g/mol. The van der Waals surface area contributed by atoms with Crippen molar-refractivity contribution in [3.8, 4) is 0 Å². The van der Waals surface area contributed by atoms with Crippen LogP contribution >= 0.6 is 0 Å². The highest BCUT2D eigenvalue weighted by molar-refractivity contribution is 5.98. The predicted molar refractivity (Wildman–Crippen MR) is 312 cm³/mol. The van der Waals surface area contributed by atoms with Gasteiger partial charge in [0.2, 0.25) is 11.8 Å². The van der Waals surface area contributed by atoms with E-state index in [0.29, 0.717) is 70.9 Å². The van der Waals surface area contributed by atoms with Crippen LogP contribution in [0.4, 0.5) is 25.0 Å². The molecule has 0 spiro atoms. The van der Waals surface area contributed by atoms with Crippen molar-refractivity contribution in [1.29, 1.82) is 0 Å². The summed E-state index contributed by atoms with van der Waals surface area (Å²) < 4.78 is 43.9. The van der Waals surface area contributed by atoms with Gasteiger partial charge in [-0.3, -0.25) is 39.2 Å². The van der Waals surface area contributed by atoms with E-state index in [4.69, 9.17) is 24.2 Å². The second-order valence-electron chi connectivity index (χ2n) is 26.1. The molecule has 6 atom stereocenters. The summed E-state index contributed by atoms with van der Waals surface area (Å²) in [6, 6.07) is 18.3. The van der Waals surface area contributed by atoms with Crippen LogP contribution in [0.1, 0.15) is 110 Å². The second-order valence-corrected chi connectivity index (χ2v) is 26.1. The van der Waals surface area contributed by atoms with Crippen molar-refractivity contribution < 1.29 is 37.4 Å². The first-order chi connectivity index (χ1) is 38.4. The van der Waals surface area contributed by atoms with Crippen molar-refractivity contribution in [2.45, 2.75) is 142 Å². The molecule has 4 aromatic rings. The number of carbonyl (C=O) groups excluding carboxylic acids is 3. The average Bonchev–Trinajstić information content (AvgIpc) is 4.04. The molecule has 0 bridgehead atoms. The minimum absolute atomic E-state index is 0.0236. The standard InChI is InChI=1S/C34H48FN5O4.C29H40FN5O2/c1-23-17-38(28(18-37-12-13-43-21-24(37)2)19-39(23)32(42)44-33(3,4)5)20-30(41)40-22-34(6,7)31-29(40)15-26(16-36-31)14-25-8-10-27(35)11-9-25;1-20-15-34(25(14-31-20)16-33-9-10-37-18-21(33)2)17-27(36)35-19-29(3,4)28-26(35)12-23(13-32-28)11-22-5-7-24(30)8-6-22/h8-11,15-16,23-24,28H,12-14,17-22H2,1-7H3;5-8,12-13,20-21,25,31H,9-11,14-19H2,1-4H3/t23-,24-,28+;20-,21-,25-/m11/s1. The molecule has 81 heavy (non-hydrogen) atoms. The third-order valence-corrected chi connectivity index (χ3v) is 17.0. The molecule has 4 saturated heterocycles. The molecular formula is C63H88F2N10O6. The maximum absolute atomic E-state index is 14.2. The Balaban J connectivity index is 0.000000198. The van der Waals surface area contributed by atoms with Gasteiger partial charge in [-0.1, -0.05) is 52.0 Å². The largest absolute Gasteiger partial charge is 0.444 e. The van der Waals surface area contributed by atoms with Gasteiger partial charge >= 0.3 is 6.09 Å². The van der Waals surface area contributed by atoms with Crippen molar-refractivity contribution in [1.82, 2.24) is 39.8 Å². The van der Waals surface area contributed by atoms with Gasteiger partial charge in [-0.2, -0.15) is 0 Å². The van der Waals surface area contributed by atoms with Crippen LogP contribution in [0.15, 0.2) is 73.1 Å². The van der Waals surface area contributed by atoms with E-state index >= 15 is 0 Å². The summed E-state index contributed by atoms with van der Waals surface area (Å²) in [7, 11) is 0. The smallest absolute Gasteiger partial charge is 0.410 e. The number of benzene rings is 2. The van der Waals surface area contributed by atoms with Gasteiger partial charge in [-0.05, 0) is 120 Å². The zero-order valence-electron chi connectivity index (χ0n) is 49.9. The number of carbonyl (C=O) groups is 3. The maximum atomic E-state index is 14.2. The van der Waals surface area contributed by atoms with Gasteiger partial charge in [0.15, 0.2) is 0 Å². The lowest BCUT2D eigenvalue weighted by Crippen LogP contribution is -2.64. The number of aromatic nitrogens is 2. The number of rotatable bonds is 12. The van der Waals surface area contributed by atoms with E-state index in [0.717, 1.165) is 97.5 Å². The zero-order valence-corrected chi connectivity index (χ0v) is 49.9. The number of anilines is 2. The molecule has 16 nitrogen and oxygen atoms in total. The summed E-state index contributed by atoms with van der Waals surface area (Å²) in [6.45, 7) is 33.7. The number of hydrogen-bond donors (Lipinski definition) is 1. The lowest BCUT2D eigenvalue weighted by atomic mass is 9.91. The summed E-state index contributed by atoms with van der Waals surface area (Å²) in [6.07, 6.45) is 4.71. The van der Waals surface area contributed by atoms with Gasteiger partial charge in [-0.25, -0.2) is 13.6 Å². The monoisotopic (exact) mass is 1120 g/mol. The normalized spacial score (nSPS) is 25.2. The summed E-state index contributed by atoms with van der Waals surface area (Å²) >= 11 is 0. The van der Waals surface area contributed by atoms with E-state index in [-0.39, 0.29) is 71.1 Å². The van der Waals surface area contributed by atoms with Crippen molar-refractivity contribution in [3.05, 3.63) is 118 Å². The molecule has 2 aromatic carbocycles. The molecule has 10 rings (SSSR count). The highest BCUT2D eigenvalue weighted by Gasteiger charge is 2.44. The second kappa shape index (κ2) is 25.2. The quantitative estimate of drug-likeness (QED) is 0.152. The van der Waals surface area contributed by atoms with Crippen LogP contribution in [0, 0.1) is 11.6 Å². The van der Waals surface area contributed by atoms with Crippen LogP contribution in [-0.2, 0) is 47.5 Å². The van der Waals surface area contributed by atoms with E-state index in [1.807, 2.05) is 54.8 Å². The number of piperazine rings is 2. The van der Waals surface area contributed by atoms with Crippen LogP contribution in [0.2, 0.25) is 0 Å². The third kappa shape index (κ3) is 14.8. The fraction of sp³-hybridized carbons (Fsp3) is 0.603. The fourth-order valence-electron chi connectivity index (χ4n) is 12.5. The van der Waals surface area contributed by atoms with E-state index in [9.17, 15) is 23.2 Å². The predicted octanol–water partition coefficient (Wildman–Crippen LogP) is 7.28. The number of hydrogen-bond acceptors (Lipinski definition) is 13. The molecule has 0 radical (unpaired) electrons. The highest BCUT2D eigenvalue weighted by Crippen LogP contribution is 2.41. The summed E-state index contributed by atoms with van der Waals surface area (Å²) in [4.78, 5) is 66.0. The third-order valence-electron chi connectivity index (χ3n) is 17.0. The lowest BCUT2D eigenvalue weighted by Gasteiger charge is -2.47. The first kappa shape index (κ1) is 60.1. The molecule has 0 unspecified atom stereocenters. The van der Waals surface area contributed by atoms with Gasteiger partial charge in [0, 0.05) is 125 Å². The SMILES string of the molecule is C[C@@H]1CN(CC(=O)N2CC(C)(C)c3ncc(Cc4ccc(F)cc4)cc32)[C@@H](CN2CCOC[C@H]2C)CN1.C[C@@H]1COCCN1C[C@H]1CN(C(=O)OC(C)(C)C)[C@H](C)CN1CC(=O)N1CC(C)(C)c2ncc(Cc3ccc(F)cc3)cc21. The Bertz CT molecular complexity index is 2830. The van der Waals surface area contributed by atoms with E-state index < -0.39 is 5.60 Å². The number of nitrogens with one attached hydrogen (secondary N) is 1. The van der Waals surface area contributed by atoms with Crippen molar-refractivity contribution in [2.24, 2.45) is 0 Å². The molecule has 8 heterocycles. The Morgan fingerprint density at radius 2 is 1.09 bits per heavy atom. The Morgan fingerprint density at radius 3 is 1.54 bits per heavy atom. The van der Waals surface area contributed by atoms with Gasteiger partial charge in [0.05, 0.1) is 62.3 Å². The number of nitrogens with zero attached hydrogens (tertiary/aromatic N) is 9. The Kier molecular flexibility index (Phi) is 18.7. The van der Waals surface area contributed by atoms with Gasteiger partial charge < -0.3 is 34.2 Å². The summed E-state index contributed by atoms with van der Waals surface area (Å²) in [5, 5.41) is 3.61. The molecule has 4 fully saturated rings. The molecule has 440 valence electrons. The molecule has 1 N–H and O–H groups in total. The van der Waals surface area contributed by atoms with Gasteiger partial charge in [0.1, 0.15) is 17.2 Å². The number of amides is 3. The van der Waals surface area contributed by atoms with Crippen LogP contribution in [0.3, 0.4) is 0 Å². The first-order valence-electron chi connectivity index (χ1n) is 29.3. The van der Waals surface area contributed by atoms with Crippen molar-refractivity contribution in [2.75, 3.05) is 115 Å². The van der Waals surface area contributed by atoms with Crippen LogP contribution in [0.5, 0.6) is 0 Å². The molecule has 2 aromatic heterocycles. The number of fused-ring (bicyclic) bond motifs is 2.